The highest BCUT2D eigenvalue weighted by atomic mass is 32.1. The summed E-state index contributed by atoms with van der Waals surface area (Å²) in [5.41, 5.74) is -0.159. The second-order valence-electron chi connectivity index (χ2n) is 8.63. The Morgan fingerprint density at radius 1 is 1.27 bits per heavy atom. The van der Waals surface area contributed by atoms with Gasteiger partial charge in [-0.1, -0.05) is 11.3 Å². The maximum Gasteiger partial charge on any atom is 0.409 e. The van der Waals surface area contributed by atoms with Crippen LogP contribution in [-0.4, -0.2) is 52.5 Å². The quantitative estimate of drug-likeness (QED) is 0.389. The van der Waals surface area contributed by atoms with Gasteiger partial charge < -0.3 is 10.1 Å². The molecular weight excluding hydrogens is 448 g/mol. The Kier molecular flexibility index (Phi) is 7.04. The molecule has 0 saturated heterocycles. The molecular formula is C22H24N4O6S. The SMILES string of the molecule is CC(=O)Nc1nc2c(s1)C(=O)C(C(=O)C1=CC(=C=O)C(NC(=O)OC(C)(C)C)N=C1)CCC2. The van der Waals surface area contributed by atoms with Gasteiger partial charge in [-0.3, -0.25) is 24.7 Å². The molecule has 2 aliphatic rings. The van der Waals surface area contributed by atoms with Crippen LogP contribution in [-0.2, 0) is 25.5 Å². The van der Waals surface area contributed by atoms with Gasteiger partial charge in [-0.2, -0.15) is 0 Å². The average Bonchev–Trinajstić information content (AvgIpc) is 3.04. The molecule has 2 heterocycles. The van der Waals surface area contributed by atoms with Crippen LogP contribution < -0.4 is 10.6 Å². The largest absolute Gasteiger partial charge is 0.444 e. The lowest BCUT2D eigenvalue weighted by atomic mass is 9.89. The standard InChI is InChI=1S/C22H24N4O6S/c1-11(28)24-20-25-15-7-5-6-14(17(30)18(15)33-20)16(29)12-8-13(10-27)19(23-9-12)26-21(31)32-22(2,3)4/h8-9,14,19H,5-7H2,1-4H3,(H,26,31)(H,24,25,28). The van der Waals surface area contributed by atoms with Gasteiger partial charge in [-0.05, 0) is 46.1 Å². The molecule has 1 aromatic rings. The van der Waals surface area contributed by atoms with Crippen molar-refractivity contribution >= 4 is 52.2 Å². The third-order valence-corrected chi connectivity index (χ3v) is 5.80. The van der Waals surface area contributed by atoms with Crippen LogP contribution in [0.3, 0.4) is 0 Å². The molecule has 2 atom stereocenters. The number of anilines is 1. The Morgan fingerprint density at radius 2 is 2.00 bits per heavy atom. The Morgan fingerprint density at radius 3 is 2.64 bits per heavy atom. The first-order chi connectivity index (χ1) is 15.5. The first-order valence-corrected chi connectivity index (χ1v) is 11.1. The van der Waals surface area contributed by atoms with Gasteiger partial charge in [0.15, 0.2) is 22.9 Å². The average molecular weight is 473 g/mol. The summed E-state index contributed by atoms with van der Waals surface area (Å²) in [5, 5.41) is 5.32. The zero-order valence-corrected chi connectivity index (χ0v) is 19.5. The molecule has 0 saturated carbocycles. The number of aromatic nitrogens is 1. The Bertz CT molecular complexity index is 1120. The molecule has 2 unspecified atom stereocenters. The lowest BCUT2D eigenvalue weighted by Crippen LogP contribution is -2.40. The fourth-order valence-corrected chi connectivity index (χ4v) is 4.46. The lowest BCUT2D eigenvalue weighted by Gasteiger charge is -2.23. The van der Waals surface area contributed by atoms with E-state index < -0.39 is 29.6 Å². The molecule has 33 heavy (non-hydrogen) atoms. The maximum atomic E-state index is 13.2. The van der Waals surface area contributed by atoms with Crippen LogP contribution in [0.15, 0.2) is 22.2 Å². The van der Waals surface area contributed by atoms with Crippen molar-refractivity contribution in [1.82, 2.24) is 10.3 Å². The third kappa shape index (κ3) is 5.88. The van der Waals surface area contributed by atoms with E-state index in [-0.39, 0.29) is 22.8 Å². The van der Waals surface area contributed by atoms with E-state index in [0.29, 0.717) is 35.0 Å². The van der Waals surface area contributed by atoms with Gasteiger partial charge in [-0.25, -0.2) is 14.6 Å². The molecule has 1 aliphatic carbocycles. The van der Waals surface area contributed by atoms with E-state index in [1.165, 1.54) is 19.2 Å². The van der Waals surface area contributed by atoms with Crippen LogP contribution in [0.4, 0.5) is 9.93 Å². The predicted octanol–water partition coefficient (Wildman–Crippen LogP) is 2.43. The minimum atomic E-state index is -1.05. The second kappa shape index (κ2) is 9.60. The number of dihydropyridines is 1. The van der Waals surface area contributed by atoms with Crippen LogP contribution in [0.1, 0.15) is 55.9 Å². The topological polar surface area (TPSA) is 144 Å². The van der Waals surface area contributed by atoms with Crippen molar-refractivity contribution in [3.05, 3.63) is 27.8 Å². The lowest BCUT2D eigenvalue weighted by molar-refractivity contribution is -0.117. The van der Waals surface area contributed by atoms with Gasteiger partial charge >= 0.3 is 6.09 Å². The number of nitrogens with zero attached hydrogens (tertiary/aromatic N) is 2. The van der Waals surface area contributed by atoms with Crippen molar-refractivity contribution in [2.24, 2.45) is 10.9 Å². The summed E-state index contributed by atoms with van der Waals surface area (Å²) >= 11 is 1.04. The number of thiazole rings is 1. The number of nitrogens with one attached hydrogen (secondary N) is 2. The number of fused-ring (bicyclic) bond motifs is 1. The Hall–Kier alpha value is -3.43. The van der Waals surface area contributed by atoms with Gasteiger partial charge in [-0.15, -0.1) is 0 Å². The molecule has 0 fully saturated rings. The number of hydrogen-bond acceptors (Lipinski definition) is 9. The number of rotatable bonds is 4. The number of aryl methyl sites for hydroxylation is 1. The van der Waals surface area contributed by atoms with E-state index in [0.717, 1.165) is 11.3 Å². The molecule has 0 aromatic carbocycles. The van der Waals surface area contributed by atoms with Crippen LogP contribution in [0.5, 0.6) is 0 Å². The van der Waals surface area contributed by atoms with Crippen molar-refractivity contribution in [1.29, 1.82) is 0 Å². The number of Topliss-reactive ketones (excluding diaryl/α,β-unsaturated/α-hetero) is 2. The Balaban J connectivity index is 1.77. The summed E-state index contributed by atoms with van der Waals surface area (Å²) in [5.74, 6) is -0.420. The molecule has 1 aliphatic heterocycles. The smallest absolute Gasteiger partial charge is 0.409 e. The molecule has 0 bridgehead atoms. The molecule has 0 spiro atoms. The number of allylic oxidation sites excluding steroid dienone is 1. The van der Waals surface area contributed by atoms with Crippen molar-refractivity contribution in [3.8, 4) is 0 Å². The van der Waals surface area contributed by atoms with E-state index in [1.54, 1.807) is 26.7 Å². The van der Waals surface area contributed by atoms with Crippen LogP contribution >= 0.6 is 11.3 Å². The molecule has 2 amide bonds. The van der Waals surface area contributed by atoms with Crippen LogP contribution in [0.25, 0.3) is 0 Å². The summed E-state index contributed by atoms with van der Waals surface area (Å²) in [4.78, 5) is 69.8. The molecule has 11 heteroatoms. The number of amides is 2. The minimum absolute atomic E-state index is 0.0563. The van der Waals surface area contributed by atoms with E-state index in [2.05, 4.69) is 20.6 Å². The number of carbonyl (C=O) groups excluding carboxylic acids is 5. The van der Waals surface area contributed by atoms with Gasteiger partial charge in [0, 0.05) is 18.7 Å². The number of ketones is 2. The number of aliphatic imine (C=N–C) groups is 1. The Labute approximate surface area is 194 Å². The molecule has 2 N–H and O–H groups in total. The van der Waals surface area contributed by atoms with Crippen molar-refractivity contribution < 1.29 is 28.7 Å². The summed E-state index contributed by atoms with van der Waals surface area (Å²) in [7, 11) is 0. The number of alkyl carbamates (subject to hydrolysis) is 1. The van der Waals surface area contributed by atoms with E-state index in [4.69, 9.17) is 4.74 Å². The highest BCUT2D eigenvalue weighted by molar-refractivity contribution is 7.17. The minimum Gasteiger partial charge on any atom is -0.444 e. The van der Waals surface area contributed by atoms with Gasteiger partial charge in [0.2, 0.25) is 5.91 Å². The first-order valence-electron chi connectivity index (χ1n) is 10.3. The van der Waals surface area contributed by atoms with Crippen LogP contribution in [0, 0.1) is 5.92 Å². The van der Waals surface area contributed by atoms with Crippen molar-refractivity contribution in [2.75, 3.05) is 5.32 Å². The maximum absolute atomic E-state index is 13.2. The molecule has 3 rings (SSSR count). The van der Waals surface area contributed by atoms with E-state index in [1.807, 2.05) is 0 Å². The van der Waals surface area contributed by atoms with Gasteiger partial charge in [0.05, 0.1) is 22.1 Å². The second-order valence-corrected chi connectivity index (χ2v) is 9.63. The monoisotopic (exact) mass is 472 g/mol. The summed E-state index contributed by atoms with van der Waals surface area (Å²) < 4.78 is 5.16. The zero-order chi connectivity index (χ0) is 24.3. The highest BCUT2D eigenvalue weighted by Gasteiger charge is 2.36. The molecule has 0 radical (unpaired) electrons. The van der Waals surface area contributed by atoms with Gasteiger partial charge in [0.1, 0.15) is 11.5 Å². The number of carbonyl (C=O) groups is 4. The highest BCUT2D eigenvalue weighted by Crippen LogP contribution is 2.33. The number of hydrogen-bond donors (Lipinski definition) is 2. The van der Waals surface area contributed by atoms with Crippen molar-refractivity contribution in [2.45, 2.75) is 58.7 Å². The summed E-state index contributed by atoms with van der Waals surface area (Å²) in [6.45, 7) is 6.43. The molecule has 1 aromatic heterocycles. The summed E-state index contributed by atoms with van der Waals surface area (Å²) in [6.07, 6.45) is 2.08. The predicted molar refractivity (Wildman–Crippen MR) is 121 cm³/mol. The number of ether oxygens (including phenoxy) is 1. The fourth-order valence-electron chi connectivity index (χ4n) is 3.41. The third-order valence-electron chi connectivity index (χ3n) is 4.77. The molecule has 174 valence electrons. The van der Waals surface area contributed by atoms with Crippen LogP contribution in [0.2, 0.25) is 0 Å². The van der Waals surface area contributed by atoms with E-state index in [9.17, 15) is 24.0 Å². The van der Waals surface area contributed by atoms with E-state index >= 15 is 0 Å². The normalized spacial score (nSPS) is 20.2. The zero-order valence-electron chi connectivity index (χ0n) is 18.7. The molecule has 10 nitrogen and oxygen atoms in total. The first kappa shape index (κ1) is 24.2. The fraction of sp³-hybridized carbons (Fsp3) is 0.455. The summed E-state index contributed by atoms with van der Waals surface area (Å²) in [6, 6.07) is 0. The van der Waals surface area contributed by atoms with Gasteiger partial charge in [0.25, 0.3) is 0 Å². The van der Waals surface area contributed by atoms with Crippen molar-refractivity contribution in [3.63, 3.8) is 0 Å².